The molecule has 3 rings (SSSR count). The first kappa shape index (κ1) is 22.1. The molecule has 1 N–H and O–H groups in total. The van der Waals surface area contributed by atoms with Gasteiger partial charge in [-0.3, -0.25) is 9.59 Å². The van der Waals surface area contributed by atoms with E-state index in [4.69, 9.17) is 4.74 Å². The van der Waals surface area contributed by atoms with E-state index in [9.17, 15) is 9.59 Å². The highest BCUT2D eigenvalue weighted by Crippen LogP contribution is 2.47. The fraction of sp³-hybridized carbons (Fsp3) is 0.462. The maximum atomic E-state index is 13.1. The third kappa shape index (κ3) is 4.00. The first-order valence-electron chi connectivity index (χ1n) is 10.5. The Morgan fingerprint density at radius 1 is 0.933 bits per heavy atom. The molecule has 0 bridgehead atoms. The van der Waals surface area contributed by atoms with Gasteiger partial charge >= 0.3 is 5.97 Å². The zero-order valence-electron chi connectivity index (χ0n) is 19.6. The number of nitrogens with one attached hydrogen (secondary N) is 1. The van der Waals surface area contributed by atoms with Gasteiger partial charge in [-0.2, -0.15) is 0 Å². The van der Waals surface area contributed by atoms with Crippen molar-refractivity contribution in [2.45, 2.75) is 79.1 Å². The molecule has 1 heterocycles. The molecule has 1 unspecified atom stereocenters. The van der Waals surface area contributed by atoms with Crippen LogP contribution in [0.2, 0.25) is 0 Å². The van der Waals surface area contributed by atoms with Gasteiger partial charge in [0.05, 0.1) is 0 Å². The van der Waals surface area contributed by atoms with Crippen molar-refractivity contribution < 1.29 is 14.3 Å². The number of carbonyl (C=O) groups excluding carboxylic acids is 2. The zero-order chi connectivity index (χ0) is 22.6. The van der Waals surface area contributed by atoms with Gasteiger partial charge in [-0.05, 0) is 46.9 Å². The van der Waals surface area contributed by atoms with Crippen LogP contribution in [0.3, 0.4) is 0 Å². The van der Waals surface area contributed by atoms with Gasteiger partial charge in [-0.1, -0.05) is 65.8 Å². The number of carbonyl (C=O) groups is 2. The summed E-state index contributed by atoms with van der Waals surface area (Å²) in [7, 11) is 0. The first-order chi connectivity index (χ1) is 13.7. The Labute approximate surface area is 180 Å². The highest BCUT2D eigenvalue weighted by molar-refractivity contribution is 5.93. The van der Waals surface area contributed by atoms with Gasteiger partial charge in [-0.15, -0.1) is 0 Å². The van der Waals surface area contributed by atoms with Crippen molar-refractivity contribution >= 4 is 17.6 Å². The number of fused-ring (bicyclic) bond motifs is 1. The molecule has 160 valence electrons. The predicted octanol–water partition coefficient (Wildman–Crippen LogP) is 5.91. The molecule has 0 saturated heterocycles. The lowest BCUT2D eigenvalue weighted by atomic mass is 9.77. The summed E-state index contributed by atoms with van der Waals surface area (Å²) in [5.41, 5.74) is 6.55. The van der Waals surface area contributed by atoms with Gasteiger partial charge in [0.2, 0.25) is 5.91 Å². The van der Waals surface area contributed by atoms with Crippen LogP contribution in [0, 0.1) is 13.8 Å². The van der Waals surface area contributed by atoms with E-state index in [0.717, 1.165) is 33.5 Å². The molecule has 30 heavy (non-hydrogen) atoms. The van der Waals surface area contributed by atoms with E-state index in [1.165, 1.54) is 12.5 Å². The molecule has 2 aromatic rings. The Kier molecular flexibility index (Phi) is 5.34. The summed E-state index contributed by atoms with van der Waals surface area (Å²) < 4.78 is 5.87. The monoisotopic (exact) mass is 407 g/mol. The summed E-state index contributed by atoms with van der Waals surface area (Å²) in [6, 6.07) is 8.29. The SMILES string of the molecule is CC(=O)Nc1c(C)cc(C2C(=O)Oc3c2cc(C(C)(C)C)cc3C(C)(C)C)cc1C. The van der Waals surface area contributed by atoms with Crippen LogP contribution in [0.5, 0.6) is 5.75 Å². The van der Waals surface area contributed by atoms with Crippen LogP contribution in [0.1, 0.15) is 87.8 Å². The van der Waals surface area contributed by atoms with Crippen molar-refractivity contribution in [3.05, 3.63) is 57.6 Å². The fourth-order valence-electron chi connectivity index (χ4n) is 4.11. The van der Waals surface area contributed by atoms with Gasteiger partial charge in [0.1, 0.15) is 11.7 Å². The molecule has 0 radical (unpaired) electrons. The van der Waals surface area contributed by atoms with Gasteiger partial charge < -0.3 is 10.1 Å². The second-order valence-electron chi connectivity index (χ2n) is 10.5. The molecular weight excluding hydrogens is 374 g/mol. The van der Waals surface area contributed by atoms with Crippen molar-refractivity contribution in [2.24, 2.45) is 0 Å². The molecule has 0 aromatic heterocycles. The second-order valence-corrected chi connectivity index (χ2v) is 10.5. The van der Waals surface area contributed by atoms with E-state index in [1.807, 2.05) is 26.0 Å². The number of esters is 1. The summed E-state index contributed by atoms with van der Waals surface area (Å²) in [5, 5.41) is 2.89. The number of hydrogen-bond acceptors (Lipinski definition) is 3. The number of rotatable bonds is 2. The minimum atomic E-state index is -0.466. The Morgan fingerprint density at radius 2 is 1.50 bits per heavy atom. The van der Waals surface area contributed by atoms with E-state index in [2.05, 4.69) is 59.0 Å². The minimum absolute atomic E-state index is 0.0493. The molecule has 0 spiro atoms. The lowest BCUT2D eigenvalue weighted by Gasteiger charge is -2.27. The van der Waals surface area contributed by atoms with E-state index >= 15 is 0 Å². The smallest absolute Gasteiger partial charge is 0.323 e. The molecule has 0 saturated carbocycles. The standard InChI is InChI=1S/C26H33NO3/c1-14-10-17(11-15(2)22(14)27-16(3)28)21-19-12-18(25(4,5)6)13-20(26(7,8)9)23(19)30-24(21)29/h10-13,21H,1-9H3,(H,27,28). The summed E-state index contributed by atoms with van der Waals surface area (Å²) in [6.45, 7) is 18.4. The maximum absolute atomic E-state index is 13.1. The highest BCUT2D eigenvalue weighted by atomic mass is 16.5. The number of anilines is 1. The first-order valence-corrected chi connectivity index (χ1v) is 10.5. The van der Waals surface area contributed by atoms with Crippen molar-refractivity contribution in [3.8, 4) is 5.75 Å². The van der Waals surface area contributed by atoms with Crippen LogP contribution in [-0.2, 0) is 20.4 Å². The highest BCUT2D eigenvalue weighted by Gasteiger charge is 2.39. The lowest BCUT2D eigenvalue weighted by Crippen LogP contribution is -2.17. The third-order valence-corrected chi connectivity index (χ3v) is 5.73. The number of benzene rings is 2. The molecule has 4 nitrogen and oxygen atoms in total. The van der Waals surface area contributed by atoms with Crippen molar-refractivity contribution in [1.82, 2.24) is 0 Å². The molecule has 1 aliphatic rings. The molecule has 0 fully saturated rings. The van der Waals surface area contributed by atoms with Crippen molar-refractivity contribution in [3.63, 3.8) is 0 Å². The largest absolute Gasteiger partial charge is 0.425 e. The Morgan fingerprint density at radius 3 is 1.97 bits per heavy atom. The Balaban J connectivity index is 2.22. The molecule has 1 aliphatic heterocycles. The van der Waals surface area contributed by atoms with Crippen molar-refractivity contribution in [1.29, 1.82) is 0 Å². The fourth-order valence-corrected chi connectivity index (χ4v) is 4.11. The van der Waals surface area contributed by atoms with Gasteiger partial charge in [0.15, 0.2) is 0 Å². The average molecular weight is 408 g/mol. The third-order valence-electron chi connectivity index (χ3n) is 5.73. The molecule has 0 aliphatic carbocycles. The number of amides is 1. The minimum Gasteiger partial charge on any atom is -0.425 e. The van der Waals surface area contributed by atoms with Crippen LogP contribution in [0.15, 0.2) is 24.3 Å². The van der Waals surface area contributed by atoms with Crippen LogP contribution in [0.25, 0.3) is 0 Å². The molecule has 2 aromatic carbocycles. The van der Waals surface area contributed by atoms with Gasteiger partial charge in [0, 0.05) is 23.7 Å². The summed E-state index contributed by atoms with van der Waals surface area (Å²) in [6.07, 6.45) is 0. The van der Waals surface area contributed by atoms with E-state index < -0.39 is 5.92 Å². The molecular formula is C26H33NO3. The topological polar surface area (TPSA) is 55.4 Å². The average Bonchev–Trinajstić information content (AvgIpc) is 2.90. The Hall–Kier alpha value is -2.62. The molecule has 1 atom stereocenters. The van der Waals surface area contributed by atoms with E-state index in [1.54, 1.807) is 0 Å². The van der Waals surface area contributed by atoms with E-state index in [0.29, 0.717) is 5.75 Å². The van der Waals surface area contributed by atoms with E-state index in [-0.39, 0.29) is 22.7 Å². The molecule has 1 amide bonds. The number of hydrogen-bond donors (Lipinski definition) is 1. The van der Waals surface area contributed by atoms with Gasteiger partial charge in [-0.25, -0.2) is 0 Å². The quantitative estimate of drug-likeness (QED) is 0.497. The van der Waals surface area contributed by atoms with Crippen LogP contribution in [0.4, 0.5) is 5.69 Å². The molecule has 4 heteroatoms. The van der Waals surface area contributed by atoms with Crippen LogP contribution >= 0.6 is 0 Å². The summed E-state index contributed by atoms with van der Waals surface area (Å²) in [5.74, 6) is -0.115. The van der Waals surface area contributed by atoms with Gasteiger partial charge in [0.25, 0.3) is 0 Å². The summed E-state index contributed by atoms with van der Waals surface area (Å²) >= 11 is 0. The number of ether oxygens (including phenoxy) is 1. The van der Waals surface area contributed by atoms with Crippen LogP contribution < -0.4 is 10.1 Å². The zero-order valence-corrected chi connectivity index (χ0v) is 19.6. The van der Waals surface area contributed by atoms with Crippen LogP contribution in [-0.4, -0.2) is 11.9 Å². The predicted molar refractivity (Wildman–Crippen MR) is 122 cm³/mol. The van der Waals surface area contributed by atoms with Crippen molar-refractivity contribution in [2.75, 3.05) is 5.32 Å². The number of aryl methyl sites for hydroxylation is 2. The summed E-state index contributed by atoms with van der Waals surface area (Å²) in [4.78, 5) is 24.6. The second kappa shape index (κ2) is 7.26. The maximum Gasteiger partial charge on any atom is 0.323 e. The Bertz CT molecular complexity index is 1010. The lowest BCUT2D eigenvalue weighted by molar-refractivity contribution is -0.133. The normalized spacial score (nSPS) is 16.3.